The molecule has 0 aliphatic carbocycles. The van der Waals surface area contributed by atoms with E-state index in [1.807, 2.05) is 0 Å². The van der Waals surface area contributed by atoms with Crippen molar-refractivity contribution in [3.8, 4) is 0 Å². The molecule has 0 saturated carbocycles. The summed E-state index contributed by atoms with van der Waals surface area (Å²) < 4.78 is 20.9. The number of nitrogens with zero attached hydrogens (tertiary/aromatic N) is 3. The third kappa shape index (κ3) is 5.03. The maximum Gasteiger partial charge on any atom is 0.261 e. The first kappa shape index (κ1) is 26.2. The number of hydrogen-bond acceptors (Lipinski definition) is 7. The Morgan fingerprint density at radius 1 is 1.12 bits per heavy atom. The molecule has 2 aromatic rings. The molecule has 3 heterocycles. The fourth-order valence-corrected chi connectivity index (χ4v) is 5.57. The number of fused-ring (bicyclic) bond motifs is 1. The zero-order valence-corrected chi connectivity index (χ0v) is 23.6. The Morgan fingerprint density at radius 2 is 1.73 bits per heavy atom. The molecule has 0 bridgehead atoms. The minimum atomic E-state index is -2.27. The Kier molecular flexibility index (Phi) is 6.90. The van der Waals surface area contributed by atoms with Gasteiger partial charge in [-0.15, -0.1) is 0 Å². The number of aliphatic hydroxyl groups excluding tert-OH is 1. The van der Waals surface area contributed by atoms with Crippen LogP contribution in [0.5, 0.6) is 0 Å². The average molecular weight is 497 g/mol. The van der Waals surface area contributed by atoms with Crippen molar-refractivity contribution < 1.29 is 18.7 Å². The van der Waals surface area contributed by atoms with Crippen LogP contribution < -0.4 is 5.56 Å². The summed E-state index contributed by atoms with van der Waals surface area (Å²) in [5.41, 5.74) is 0.121. The number of aliphatic hydroxyl groups is 1. The van der Waals surface area contributed by atoms with E-state index in [1.54, 1.807) is 4.68 Å². The van der Waals surface area contributed by atoms with Crippen LogP contribution in [0.2, 0.25) is 36.3 Å². The van der Waals surface area contributed by atoms with Crippen LogP contribution in [0.25, 0.3) is 11.0 Å². The van der Waals surface area contributed by atoms with Gasteiger partial charge in [-0.2, -0.15) is 5.10 Å². The number of aromatic nitrogens is 4. The van der Waals surface area contributed by atoms with Crippen molar-refractivity contribution in [1.82, 2.24) is 19.7 Å². The van der Waals surface area contributed by atoms with E-state index < -0.39 is 41.2 Å². The van der Waals surface area contributed by atoms with Crippen molar-refractivity contribution in [1.29, 1.82) is 0 Å². The maximum absolute atomic E-state index is 12.2. The zero-order chi connectivity index (χ0) is 25.0. The third-order valence-electron chi connectivity index (χ3n) is 7.60. The van der Waals surface area contributed by atoms with Gasteiger partial charge in [0.1, 0.15) is 23.7 Å². The lowest BCUT2D eigenvalue weighted by Gasteiger charge is -2.40. The molecule has 0 amide bonds. The minimum Gasteiger partial charge on any atom is -0.414 e. The molecule has 1 aliphatic heterocycles. The largest absolute Gasteiger partial charge is 0.414 e. The topological polar surface area (TPSA) is 111 Å². The highest BCUT2D eigenvalue weighted by Gasteiger charge is 2.51. The van der Waals surface area contributed by atoms with Crippen molar-refractivity contribution >= 4 is 27.7 Å². The molecular weight excluding hydrogens is 456 g/mol. The van der Waals surface area contributed by atoms with Crippen molar-refractivity contribution in [3.05, 3.63) is 22.9 Å². The molecule has 186 valence electrons. The monoisotopic (exact) mass is 496 g/mol. The van der Waals surface area contributed by atoms with Crippen LogP contribution in [-0.2, 0) is 13.6 Å². The third-order valence-corrected chi connectivity index (χ3v) is 16.6. The van der Waals surface area contributed by atoms with E-state index in [1.165, 1.54) is 12.5 Å². The van der Waals surface area contributed by atoms with Gasteiger partial charge in [-0.25, -0.2) is 9.67 Å². The van der Waals surface area contributed by atoms with Crippen molar-refractivity contribution in [2.45, 2.75) is 102 Å². The predicted octanol–water partition coefficient (Wildman–Crippen LogP) is 3.79. The van der Waals surface area contributed by atoms with Crippen LogP contribution in [0.4, 0.5) is 0 Å². The summed E-state index contributed by atoms with van der Waals surface area (Å²) in [5, 5.41) is 16.1. The summed E-state index contributed by atoms with van der Waals surface area (Å²) in [6, 6.07) is 0. The number of aromatic amines is 1. The summed E-state index contributed by atoms with van der Waals surface area (Å²) in [6.45, 7) is 21.9. The van der Waals surface area contributed by atoms with Gasteiger partial charge in [0.15, 0.2) is 28.5 Å². The lowest BCUT2D eigenvalue weighted by atomic mass is 10.1. The van der Waals surface area contributed by atoms with Crippen molar-refractivity contribution in [3.63, 3.8) is 0 Å². The highest BCUT2D eigenvalue weighted by molar-refractivity contribution is 6.74. The SMILES string of the molecule is CC(C)(C)[Si](C)(C)OC[C@H]1O[C@@H](n2ncc3c(=O)[nH]cnc32)[C@H](O[Si](C)(C)C(C)(C)C)[C@@H]1O. The molecule has 1 fully saturated rings. The molecule has 0 spiro atoms. The summed E-state index contributed by atoms with van der Waals surface area (Å²) in [5.74, 6) is 0. The smallest absolute Gasteiger partial charge is 0.261 e. The summed E-state index contributed by atoms with van der Waals surface area (Å²) in [4.78, 5) is 19.1. The van der Waals surface area contributed by atoms with Gasteiger partial charge in [0.2, 0.25) is 0 Å². The maximum atomic E-state index is 12.2. The Morgan fingerprint density at radius 3 is 2.30 bits per heavy atom. The average Bonchev–Trinajstić information content (AvgIpc) is 3.21. The second-order valence-electron chi connectivity index (χ2n) is 12.0. The number of hydrogen-bond donors (Lipinski definition) is 2. The van der Waals surface area contributed by atoms with Crippen LogP contribution in [0, 0.1) is 0 Å². The van der Waals surface area contributed by atoms with Gasteiger partial charge in [-0.1, -0.05) is 41.5 Å². The fraction of sp³-hybridized carbons (Fsp3) is 0.773. The summed E-state index contributed by atoms with van der Waals surface area (Å²) in [7, 11) is -4.31. The van der Waals surface area contributed by atoms with Gasteiger partial charge < -0.3 is 23.7 Å². The lowest BCUT2D eigenvalue weighted by Crippen LogP contribution is -2.49. The Hall–Kier alpha value is -1.38. The molecule has 0 radical (unpaired) electrons. The molecule has 1 aliphatic rings. The van der Waals surface area contributed by atoms with Gasteiger partial charge in [-0.3, -0.25) is 4.79 Å². The van der Waals surface area contributed by atoms with Gasteiger partial charge in [0.05, 0.1) is 19.1 Å². The molecule has 4 atom stereocenters. The van der Waals surface area contributed by atoms with Crippen LogP contribution >= 0.6 is 0 Å². The first-order valence-electron chi connectivity index (χ1n) is 11.5. The Bertz CT molecular complexity index is 1040. The second-order valence-corrected chi connectivity index (χ2v) is 21.6. The minimum absolute atomic E-state index is 0.0378. The molecule has 2 aromatic heterocycles. The molecule has 0 unspecified atom stereocenters. The molecule has 1 saturated heterocycles. The Labute approximate surface area is 198 Å². The molecule has 3 rings (SSSR count). The number of ether oxygens (including phenoxy) is 1. The van der Waals surface area contributed by atoms with Crippen molar-refractivity contribution in [2.24, 2.45) is 0 Å². The molecule has 9 nitrogen and oxygen atoms in total. The zero-order valence-electron chi connectivity index (χ0n) is 21.6. The van der Waals surface area contributed by atoms with E-state index in [4.69, 9.17) is 13.6 Å². The van der Waals surface area contributed by atoms with Gasteiger partial charge in [-0.05, 0) is 36.3 Å². The molecule has 11 heteroatoms. The van der Waals surface area contributed by atoms with Crippen LogP contribution in [-0.4, -0.2) is 66.4 Å². The van der Waals surface area contributed by atoms with Crippen LogP contribution in [0.3, 0.4) is 0 Å². The number of rotatable bonds is 6. The van der Waals surface area contributed by atoms with Crippen LogP contribution in [0.15, 0.2) is 17.3 Å². The quantitative estimate of drug-likeness (QED) is 0.585. The van der Waals surface area contributed by atoms with E-state index in [9.17, 15) is 9.90 Å². The fourth-order valence-electron chi connectivity index (χ4n) is 3.26. The summed E-state index contributed by atoms with van der Waals surface area (Å²) >= 11 is 0. The van der Waals surface area contributed by atoms with E-state index in [0.717, 1.165) is 0 Å². The molecular formula is C22H40N4O5Si2. The highest BCUT2D eigenvalue weighted by atomic mass is 28.4. The first-order valence-corrected chi connectivity index (χ1v) is 17.3. The number of nitrogens with one attached hydrogen (secondary N) is 1. The Balaban J connectivity index is 1.96. The van der Waals surface area contributed by atoms with Crippen LogP contribution in [0.1, 0.15) is 47.8 Å². The summed E-state index contributed by atoms with van der Waals surface area (Å²) in [6.07, 6.45) is -0.0669. The van der Waals surface area contributed by atoms with E-state index in [2.05, 4.69) is 82.8 Å². The van der Waals surface area contributed by atoms with Gasteiger partial charge in [0.25, 0.3) is 5.56 Å². The van der Waals surface area contributed by atoms with E-state index >= 15 is 0 Å². The molecule has 0 aromatic carbocycles. The molecule has 2 N–H and O–H groups in total. The first-order chi connectivity index (χ1) is 15.0. The second kappa shape index (κ2) is 8.69. The van der Waals surface area contributed by atoms with Gasteiger partial charge >= 0.3 is 0 Å². The van der Waals surface area contributed by atoms with Gasteiger partial charge in [0, 0.05) is 0 Å². The van der Waals surface area contributed by atoms with E-state index in [0.29, 0.717) is 11.0 Å². The predicted molar refractivity (Wildman–Crippen MR) is 133 cm³/mol. The number of H-pyrrole nitrogens is 1. The normalized spacial score (nSPS) is 25.2. The standard InChI is InChI=1S/C22H40N4O5Si2/c1-21(2,3)32(7,8)29-12-15-16(27)17(31-33(9,10)22(4,5)6)20(30-15)26-18-14(11-25-26)19(28)24-13-23-18/h11,13,15-17,20,27H,12H2,1-10H3,(H,23,24,28)/t15-,16-,17-,20-/m1/s1. The highest BCUT2D eigenvalue weighted by Crippen LogP contribution is 2.43. The van der Waals surface area contributed by atoms with E-state index in [-0.39, 0.29) is 22.2 Å². The molecule has 33 heavy (non-hydrogen) atoms. The van der Waals surface area contributed by atoms with Crippen molar-refractivity contribution in [2.75, 3.05) is 6.61 Å². The lowest BCUT2D eigenvalue weighted by molar-refractivity contribution is -0.0530.